The van der Waals surface area contributed by atoms with Gasteiger partial charge in [-0.05, 0) is 63.7 Å². The number of fused-ring (bicyclic) bond motifs is 5. The van der Waals surface area contributed by atoms with Crippen LogP contribution in [0.15, 0.2) is 30.3 Å². The Morgan fingerprint density at radius 2 is 1.76 bits per heavy atom. The third kappa shape index (κ3) is 4.05. The lowest BCUT2D eigenvalue weighted by atomic mass is 10.0. The third-order valence-electron chi connectivity index (χ3n) is 6.26. The Kier molecular flexibility index (Phi) is 6.32. The topological polar surface area (TPSA) is 86.0 Å². The summed E-state index contributed by atoms with van der Waals surface area (Å²) in [7, 11) is 3.81. The molecule has 2 aromatic carbocycles. The summed E-state index contributed by atoms with van der Waals surface area (Å²) < 4.78 is 5.64. The second kappa shape index (κ2) is 9.03. The number of nitrogens with one attached hydrogen (secondary N) is 1. The number of likely N-dealkylation sites (N-methyl/N-ethyl adjacent to an activating group) is 1. The zero-order valence-corrected chi connectivity index (χ0v) is 19.5. The van der Waals surface area contributed by atoms with Gasteiger partial charge in [0.25, 0.3) is 11.8 Å². The molecule has 1 N–H and O–H groups in total. The van der Waals surface area contributed by atoms with Crippen LogP contribution in [0.5, 0.6) is 5.75 Å². The molecular formula is C24H27ClN4O4. The Hall–Kier alpha value is -3.10. The average molecular weight is 471 g/mol. The minimum Gasteiger partial charge on any atom is -0.410 e. The van der Waals surface area contributed by atoms with Crippen molar-refractivity contribution in [2.75, 3.05) is 40.3 Å². The zero-order chi connectivity index (χ0) is 22.4. The molecule has 0 saturated carbocycles. The maximum atomic E-state index is 13.2. The number of ether oxygens (including phenoxy) is 1. The molecule has 9 heteroatoms. The van der Waals surface area contributed by atoms with Gasteiger partial charge in [-0.1, -0.05) is 0 Å². The Labute approximate surface area is 197 Å². The fraction of sp³-hybridized carbons (Fsp3) is 0.375. The van der Waals surface area contributed by atoms with Crippen molar-refractivity contribution in [1.29, 1.82) is 0 Å². The van der Waals surface area contributed by atoms with Crippen LogP contribution in [0.1, 0.15) is 40.0 Å². The zero-order valence-electron chi connectivity index (χ0n) is 18.7. The molecule has 3 aromatic rings. The van der Waals surface area contributed by atoms with Crippen LogP contribution in [0.3, 0.4) is 0 Å². The van der Waals surface area contributed by atoms with Gasteiger partial charge >= 0.3 is 6.09 Å². The Balaban J connectivity index is 0.00000259. The number of aromatic amines is 1. The smallest absolute Gasteiger partial charge is 0.410 e. The van der Waals surface area contributed by atoms with Crippen molar-refractivity contribution in [3.8, 4) is 5.75 Å². The molecule has 5 rings (SSSR count). The minimum absolute atomic E-state index is 0. The molecule has 3 heterocycles. The number of H-pyrrole nitrogens is 1. The molecule has 8 nitrogen and oxygen atoms in total. The van der Waals surface area contributed by atoms with Crippen LogP contribution in [0, 0.1) is 0 Å². The number of carbonyl (C=O) groups excluding carboxylic acids is 3. The minimum atomic E-state index is -0.352. The second-order valence-corrected chi connectivity index (χ2v) is 8.72. The van der Waals surface area contributed by atoms with E-state index >= 15 is 0 Å². The van der Waals surface area contributed by atoms with Crippen molar-refractivity contribution in [3.63, 3.8) is 0 Å². The van der Waals surface area contributed by atoms with Gasteiger partial charge in [0.05, 0.1) is 11.1 Å². The molecule has 0 spiro atoms. The summed E-state index contributed by atoms with van der Waals surface area (Å²) in [6.45, 7) is 2.35. The van der Waals surface area contributed by atoms with Crippen LogP contribution < -0.4 is 4.74 Å². The van der Waals surface area contributed by atoms with Crippen LogP contribution in [0.25, 0.3) is 21.8 Å². The van der Waals surface area contributed by atoms with Gasteiger partial charge in [0.15, 0.2) is 0 Å². The second-order valence-electron chi connectivity index (χ2n) is 8.72. The van der Waals surface area contributed by atoms with E-state index in [-0.39, 0.29) is 30.3 Å². The van der Waals surface area contributed by atoms with Crippen molar-refractivity contribution >= 4 is 52.1 Å². The first-order valence-corrected chi connectivity index (χ1v) is 11.0. The fourth-order valence-electron chi connectivity index (χ4n) is 4.55. The maximum absolute atomic E-state index is 13.2. The number of benzene rings is 2. The first-order chi connectivity index (χ1) is 15.4. The number of imide groups is 1. The van der Waals surface area contributed by atoms with E-state index in [9.17, 15) is 14.4 Å². The number of hydrogen-bond donors (Lipinski definition) is 1. The van der Waals surface area contributed by atoms with Gasteiger partial charge in [-0.2, -0.15) is 0 Å². The number of carbonyl (C=O) groups is 3. The van der Waals surface area contributed by atoms with Crippen LogP contribution in [-0.4, -0.2) is 77.9 Å². The molecule has 0 unspecified atom stereocenters. The lowest BCUT2D eigenvalue weighted by Crippen LogP contribution is -2.37. The quantitative estimate of drug-likeness (QED) is 0.585. The molecule has 2 aliphatic heterocycles. The first kappa shape index (κ1) is 23.1. The molecule has 3 amide bonds. The van der Waals surface area contributed by atoms with Crippen molar-refractivity contribution in [1.82, 2.24) is 19.7 Å². The Morgan fingerprint density at radius 1 is 1.03 bits per heavy atom. The average Bonchev–Trinajstić information content (AvgIpc) is 3.27. The normalized spacial score (nSPS) is 16.0. The number of likely N-dealkylation sites (tertiary alicyclic amines) is 1. The first-order valence-electron chi connectivity index (χ1n) is 11.0. The van der Waals surface area contributed by atoms with Gasteiger partial charge in [-0.3, -0.25) is 14.5 Å². The lowest BCUT2D eigenvalue weighted by Gasteiger charge is -2.25. The number of aromatic nitrogens is 1. The summed E-state index contributed by atoms with van der Waals surface area (Å²) in [5, 5.41) is 1.45. The molecule has 1 aromatic heterocycles. The van der Waals surface area contributed by atoms with Gasteiger partial charge in [-0.15, -0.1) is 12.4 Å². The fourth-order valence-corrected chi connectivity index (χ4v) is 4.55. The number of amides is 3. The highest BCUT2D eigenvalue weighted by molar-refractivity contribution is 6.30. The monoisotopic (exact) mass is 470 g/mol. The van der Waals surface area contributed by atoms with Gasteiger partial charge < -0.3 is 19.5 Å². The molecule has 0 aliphatic carbocycles. The van der Waals surface area contributed by atoms with Crippen molar-refractivity contribution in [2.45, 2.75) is 19.3 Å². The molecule has 0 radical (unpaired) electrons. The maximum Gasteiger partial charge on any atom is 0.415 e. The van der Waals surface area contributed by atoms with E-state index in [4.69, 9.17) is 4.74 Å². The standard InChI is InChI=1S/C24H26N4O4.ClH/c1-26(2)12-13-28-22(29)16-7-9-19-20(21(16)23(28)30)17-14-15(6-8-18(17)25-19)32-24(31)27-10-4-3-5-11-27;/h6-9,14,25H,3-5,10-13H2,1-2H3;1H. The summed E-state index contributed by atoms with van der Waals surface area (Å²) >= 11 is 0. The van der Waals surface area contributed by atoms with Gasteiger partial charge in [-0.25, -0.2) is 4.79 Å². The SMILES string of the molecule is CN(C)CCN1C(=O)c2ccc3[nH]c4ccc(OC(=O)N5CCCCC5)cc4c3c2C1=O.Cl. The van der Waals surface area contributed by atoms with Crippen molar-refractivity contribution in [3.05, 3.63) is 41.5 Å². The Morgan fingerprint density at radius 3 is 2.48 bits per heavy atom. The van der Waals surface area contributed by atoms with Crippen LogP contribution in [0.4, 0.5) is 4.79 Å². The molecule has 1 fully saturated rings. The highest BCUT2D eigenvalue weighted by Gasteiger charge is 2.37. The van der Waals surface area contributed by atoms with Gasteiger partial charge in [0, 0.05) is 48.0 Å². The van der Waals surface area contributed by atoms with Crippen molar-refractivity contribution < 1.29 is 19.1 Å². The summed E-state index contributed by atoms with van der Waals surface area (Å²) in [6, 6.07) is 8.90. The highest BCUT2D eigenvalue weighted by atomic mass is 35.5. The van der Waals surface area contributed by atoms with E-state index in [2.05, 4.69) is 4.98 Å². The molecule has 33 heavy (non-hydrogen) atoms. The van der Waals surface area contributed by atoms with Gasteiger partial charge in [0.1, 0.15) is 5.75 Å². The lowest BCUT2D eigenvalue weighted by molar-refractivity contribution is 0.0645. The number of piperidine rings is 1. The number of rotatable bonds is 4. The molecule has 0 bridgehead atoms. The molecule has 2 aliphatic rings. The molecule has 174 valence electrons. The summed E-state index contributed by atoms with van der Waals surface area (Å²) in [6.07, 6.45) is 2.76. The van der Waals surface area contributed by atoms with E-state index in [1.807, 2.05) is 31.1 Å². The molecule has 1 saturated heterocycles. The molecular weight excluding hydrogens is 444 g/mol. The van der Waals surface area contributed by atoms with Crippen LogP contribution in [-0.2, 0) is 0 Å². The van der Waals surface area contributed by atoms with E-state index < -0.39 is 0 Å². The van der Waals surface area contributed by atoms with Crippen LogP contribution in [0.2, 0.25) is 0 Å². The van der Waals surface area contributed by atoms with E-state index in [0.29, 0.717) is 48.4 Å². The van der Waals surface area contributed by atoms with Crippen molar-refractivity contribution in [2.24, 2.45) is 0 Å². The number of nitrogens with zero attached hydrogens (tertiary/aromatic N) is 3. The van der Waals surface area contributed by atoms with E-state index in [1.54, 1.807) is 23.1 Å². The largest absolute Gasteiger partial charge is 0.415 e. The summed E-state index contributed by atoms with van der Waals surface area (Å²) in [5.41, 5.74) is 2.42. The van der Waals surface area contributed by atoms with Crippen LogP contribution >= 0.6 is 12.4 Å². The van der Waals surface area contributed by atoms with E-state index in [1.165, 1.54) is 4.90 Å². The molecule has 0 atom stereocenters. The summed E-state index contributed by atoms with van der Waals surface area (Å²) in [4.78, 5) is 47.0. The third-order valence-corrected chi connectivity index (χ3v) is 6.26. The van der Waals surface area contributed by atoms with E-state index in [0.717, 1.165) is 35.7 Å². The predicted octanol–water partition coefficient (Wildman–Crippen LogP) is 3.89. The highest BCUT2D eigenvalue weighted by Crippen LogP contribution is 2.36. The number of hydrogen-bond acceptors (Lipinski definition) is 5. The van der Waals surface area contributed by atoms with Gasteiger partial charge in [0.2, 0.25) is 0 Å². The summed E-state index contributed by atoms with van der Waals surface area (Å²) in [5.74, 6) is -0.127. The number of halogens is 1. The Bertz CT molecular complexity index is 1250. The predicted molar refractivity (Wildman–Crippen MR) is 128 cm³/mol.